The van der Waals surface area contributed by atoms with Crippen molar-refractivity contribution < 1.29 is 22.3 Å². The van der Waals surface area contributed by atoms with Crippen LogP contribution in [0.1, 0.15) is 37.4 Å². The van der Waals surface area contributed by atoms with Crippen molar-refractivity contribution in [2.45, 2.75) is 44.1 Å². The average molecular weight is 551 g/mol. The van der Waals surface area contributed by atoms with Crippen LogP contribution in [-0.4, -0.2) is 51.0 Å². The number of benzene rings is 2. The van der Waals surface area contributed by atoms with Gasteiger partial charge in [-0.25, -0.2) is 22.5 Å². The Balaban J connectivity index is 1.51. The fraction of sp³-hybridized carbons (Fsp3) is 0.345. The first-order chi connectivity index (χ1) is 19.1. The number of aromatic nitrogens is 3. The Labute approximate surface area is 227 Å². The summed E-state index contributed by atoms with van der Waals surface area (Å²) >= 11 is 0. The van der Waals surface area contributed by atoms with E-state index in [2.05, 4.69) is 20.9 Å². The van der Waals surface area contributed by atoms with E-state index in [-0.39, 0.29) is 64.5 Å². The number of hydrogen-bond acceptors (Lipinski definition) is 7. The zero-order valence-corrected chi connectivity index (χ0v) is 21.7. The molecule has 7 nitrogen and oxygen atoms in total. The first kappa shape index (κ1) is 26.1. The Morgan fingerprint density at radius 1 is 1.12 bits per heavy atom. The molecule has 4 heterocycles. The first-order valence-electron chi connectivity index (χ1n) is 13.0. The van der Waals surface area contributed by atoms with E-state index >= 15 is 4.39 Å². The molecule has 2 saturated heterocycles. The van der Waals surface area contributed by atoms with E-state index in [4.69, 9.17) is 22.6 Å². The van der Waals surface area contributed by atoms with Gasteiger partial charge in [0.25, 0.3) is 5.92 Å². The Hall–Kier alpha value is -4.17. The highest BCUT2D eigenvalue weighted by Gasteiger charge is 2.59. The lowest BCUT2D eigenvalue weighted by Gasteiger charge is -2.46. The molecule has 2 fully saturated rings. The highest BCUT2D eigenvalue weighted by Crippen LogP contribution is 2.47. The molecule has 0 radical (unpaired) electrons. The van der Waals surface area contributed by atoms with Crippen molar-refractivity contribution in [3.05, 3.63) is 47.2 Å². The van der Waals surface area contributed by atoms with Gasteiger partial charge in [0.05, 0.1) is 28.7 Å². The number of nitrogens with two attached hydrogens (primary N) is 2. The van der Waals surface area contributed by atoms with Gasteiger partial charge in [0.1, 0.15) is 29.5 Å². The van der Waals surface area contributed by atoms with E-state index in [1.165, 1.54) is 18.2 Å². The molecule has 4 aromatic rings. The number of rotatable bonds is 6. The Bertz CT molecular complexity index is 1740. The van der Waals surface area contributed by atoms with Gasteiger partial charge < -0.3 is 16.2 Å². The molecule has 0 spiro atoms. The van der Waals surface area contributed by atoms with Crippen molar-refractivity contribution in [3.8, 4) is 29.6 Å². The Kier molecular flexibility index (Phi) is 6.00. The van der Waals surface area contributed by atoms with Crippen molar-refractivity contribution in [1.82, 2.24) is 19.9 Å². The standard InChI is InChI=1S/C29H26F4N6O/c1-3-5-20-22-25(37-27(38-26(22)35)40-14-28-8-9-39(28)13-29(32,33)12-28)23(31)24(36-20)18-11-16(34)10-15-6-7-19(30)17(4-2)21(15)18/h2,6-7,10-11H,3,5,8-9,12-14,34H2,1H3,(H2,35,37,38). The summed E-state index contributed by atoms with van der Waals surface area (Å²) in [6, 6.07) is 5.62. The molecule has 0 aliphatic carbocycles. The number of pyridine rings is 1. The molecule has 0 amide bonds. The van der Waals surface area contributed by atoms with E-state index in [0.717, 1.165) is 0 Å². The highest BCUT2D eigenvalue weighted by molar-refractivity contribution is 6.04. The molecule has 11 heteroatoms. The van der Waals surface area contributed by atoms with Crippen LogP contribution in [0.4, 0.5) is 29.1 Å². The minimum atomic E-state index is -2.80. The minimum absolute atomic E-state index is 0.0465. The normalized spacial score (nSPS) is 19.9. The molecule has 2 aromatic carbocycles. The predicted octanol–water partition coefficient (Wildman–Crippen LogP) is 5.08. The molecular weight excluding hydrogens is 524 g/mol. The van der Waals surface area contributed by atoms with Gasteiger partial charge in [-0.1, -0.05) is 25.3 Å². The number of hydrogen-bond donors (Lipinski definition) is 2. The number of anilines is 2. The lowest BCUT2D eigenvalue weighted by atomic mass is 9.85. The van der Waals surface area contributed by atoms with E-state index in [0.29, 0.717) is 42.6 Å². The fourth-order valence-electron chi connectivity index (χ4n) is 5.97. The van der Waals surface area contributed by atoms with Gasteiger partial charge in [0.2, 0.25) is 0 Å². The van der Waals surface area contributed by atoms with Crippen molar-refractivity contribution >= 4 is 33.2 Å². The molecule has 0 saturated carbocycles. The largest absolute Gasteiger partial charge is 0.461 e. The van der Waals surface area contributed by atoms with Crippen LogP contribution in [0.3, 0.4) is 0 Å². The Morgan fingerprint density at radius 3 is 2.60 bits per heavy atom. The van der Waals surface area contributed by atoms with Crippen LogP contribution in [0.15, 0.2) is 24.3 Å². The molecule has 6 rings (SSSR count). The number of alkyl halides is 2. The zero-order chi connectivity index (χ0) is 28.4. The van der Waals surface area contributed by atoms with Crippen molar-refractivity contribution in [2.24, 2.45) is 0 Å². The average Bonchev–Trinajstić information content (AvgIpc) is 3.08. The van der Waals surface area contributed by atoms with Crippen LogP contribution in [-0.2, 0) is 6.42 Å². The quantitative estimate of drug-likeness (QED) is 0.196. The predicted molar refractivity (Wildman–Crippen MR) is 145 cm³/mol. The third kappa shape index (κ3) is 4.05. The highest BCUT2D eigenvalue weighted by atomic mass is 19.3. The van der Waals surface area contributed by atoms with E-state index < -0.39 is 23.1 Å². The molecule has 1 unspecified atom stereocenters. The second kappa shape index (κ2) is 9.20. The number of fused-ring (bicyclic) bond motifs is 3. The van der Waals surface area contributed by atoms with Gasteiger partial charge in [-0.2, -0.15) is 9.97 Å². The van der Waals surface area contributed by atoms with E-state index in [9.17, 15) is 13.2 Å². The van der Waals surface area contributed by atoms with Crippen molar-refractivity contribution in [2.75, 3.05) is 31.2 Å². The van der Waals surface area contributed by atoms with Gasteiger partial charge in [0, 0.05) is 29.6 Å². The van der Waals surface area contributed by atoms with Crippen LogP contribution < -0.4 is 16.2 Å². The van der Waals surface area contributed by atoms with Gasteiger partial charge >= 0.3 is 6.01 Å². The molecule has 40 heavy (non-hydrogen) atoms. The van der Waals surface area contributed by atoms with Crippen molar-refractivity contribution in [1.29, 1.82) is 0 Å². The minimum Gasteiger partial charge on any atom is -0.461 e. The summed E-state index contributed by atoms with van der Waals surface area (Å²) in [5, 5.41) is 1.03. The number of terminal acetylenes is 1. The summed E-state index contributed by atoms with van der Waals surface area (Å²) < 4.78 is 65.0. The monoisotopic (exact) mass is 550 g/mol. The lowest BCUT2D eigenvalue weighted by Crippen LogP contribution is -2.59. The van der Waals surface area contributed by atoms with Gasteiger partial charge in [-0.05, 0) is 36.4 Å². The van der Waals surface area contributed by atoms with E-state index in [1.54, 1.807) is 11.0 Å². The summed E-state index contributed by atoms with van der Waals surface area (Å²) in [6.07, 6.45) is 6.92. The van der Waals surface area contributed by atoms with Crippen LogP contribution in [0, 0.1) is 24.0 Å². The fourth-order valence-corrected chi connectivity index (χ4v) is 5.97. The smallest absolute Gasteiger partial charge is 0.319 e. The summed E-state index contributed by atoms with van der Waals surface area (Å²) in [4.78, 5) is 14.8. The molecule has 2 aliphatic heterocycles. The van der Waals surface area contributed by atoms with Gasteiger partial charge in [-0.3, -0.25) is 4.90 Å². The second-order valence-corrected chi connectivity index (χ2v) is 10.5. The molecule has 206 valence electrons. The Morgan fingerprint density at radius 2 is 1.93 bits per heavy atom. The summed E-state index contributed by atoms with van der Waals surface area (Å²) in [7, 11) is 0. The van der Waals surface area contributed by atoms with Gasteiger partial charge in [-0.15, -0.1) is 6.42 Å². The summed E-state index contributed by atoms with van der Waals surface area (Å²) in [5.41, 5.74) is 12.2. The molecule has 2 aromatic heterocycles. The summed E-state index contributed by atoms with van der Waals surface area (Å²) in [6.45, 7) is 2.07. The third-order valence-electron chi connectivity index (χ3n) is 7.84. The zero-order valence-electron chi connectivity index (χ0n) is 21.7. The maximum absolute atomic E-state index is 16.4. The topological polar surface area (TPSA) is 103 Å². The van der Waals surface area contributed by atoms with Crippen LogP contribution >= 0.6 is 0 Å². The second-order valence-electron chi connectivity index (χ2n) is 10.5. The number of ether oxygens (including phenoxy) is 1. The SMILES string of the molecule is C#Cc1c(F)ccc2cc(N)cc(-c3nc(CCC)c4c(N)nc(OCC56CCN5CC(F)(F)C6)nc4c3F)c12. The maximum atomic E-state index is 16.4. The van der Waals surface area contributed by atoms with Gasteiger partial charge in [0.15, 0.2) is 5.82 Å². The van der Waals surface area contributed by atoms with Crippen LogP contribution in [0.2, 0.25) is 0 Å². The number of halogens is 4. The first-order valence-corrected chi connectivity index (χ1v) is 13.0. The lowest BCUT2D eigenvalue weighted by molar-refractivity contribution is -0.0132. The molecule has 4 N–H and O–H groups in total. The number of nitrogens with zero attached hydrogens (tertiary/aromatic N) is 4. The molecule has 0 bridgehead atoms. The van der Waals surface area contributed by atoms with Crippen molar-refractivity contribution in [3.63, 3.8) is 0 Å². The third-order valence-corrected chi connectivity index (χ3v) is 7.84. The van der Waals surface area contributed by atoms with Crippen LogP contribution in [0.5, 0.6) is 6.01 Å². The number of nitrogen functional groups attached to an aromatic ring is 2. The maximum Gasteiger partial charge on any atom is 0.319 e. The molecule has 2 aliphatic rings. The van der Waals surface area contributed by atoms with E-state index in [1.807, 2.05) is 6.92 Å². The summed E-state index contributed by atoms with van der Waals surface area (Å²) in [5.74, 6) is -1.98. The number of aryl methyl sites for hydroxylation is 1. The van der Waals surface area contributed by atoms with Crippen LogP contribution in [0.25, 0.3) is 32.9 Å². The molecule has 1 atom stereocenters. The molecular formula is C29H26F4N6O.